The molecule has 5 heteroatoms. The van der Waals surface area contributed by atoms with Crippen LogP contribution >= 0.6 is 0 Å². The van der Waals surface area contributed by atoms with E-state index in [1.807, 2.05) is 0 Å². The third kappa shape index (κ3) is 1.12. The Labute approximate surface area is 61.7 Å². The highest BCUT2D eigenvalue weighted by molar-refractivity contribution is 4.98. The summed E-state index contributed by atoms with van der Waals surface area (Å²) < 4.78 is 40.9. The van der Waals surface area contributed by atoms with Gasteiger partial charge in [-0.1, -0.05) is 0 Å². The normalized spacial score (nSPS) is 43.4. The minimum atomic E-state index is -4.20. The van der Waals surface area contributed by atoms with Gasteiger partial charge in [0.15, 0.2) is 6.10 Å². The van der Waals surface area contributed by atoms with Gasteiger partial charge in [0.2, 0.25) is 0 Å². The van der Waals surface area contributed by atoms with Crippen LogP contribution in [0, 0.1) is 0 Å². The summed E-state index contributed by atoms with van der Waals surface area (Å²) in [6, 6.07) is -0.500. The van der Waals surface area contributed by atoms with E-state index < -0.39 is 18.3 Å². The van der Waals surface area contributed by atoms with Crippen molar-refractivity contribution in [2.75, 3.05) is 6.54 Å². The minimum Gasteiger partial charge on any atom is -0.362 e. The highest BCUT2D eigenvalue weighted by Crippen LogP contribution is 2.36. The summed E-state index contributed by atoms with van der Waals surface area (Å²) in [5.74, 6) is 0. The van der Waals surface area contributed by atoms with Crippen molar-refractivity contribution < 1.29 is 17.9 Å². The van der Waals surface area contributed by atoms with E-state index in [1.54, 1.807) is 0 Å². The zero-order valence-corrected chi connectivity index (χ0v) is 5.69. The van der Waals surface area contributed by atoms with Gasteiger partial charge in [-0.15, -0.1) is 0 Å². The zero-order chi connectivity index (χ0) is 8.06. The summed E-state index contributed by atoms with van der Waals surface area (Å²) in [5.41, 5.74) is 0. The van der Waals surface area contributed by atoms with Crippen LogP contribution in [0.15, 0.2) is 0 Å². The van der Waals surface area contributed by atoms with Gasteiger partial charge in [-0.05, 0) is 6.42 Å². The molecular weight excluding hydrogens is 159 g/mol. The Kier molecular flexibility index (Phi) is 1.41. The van der Waals surface area contributed by atoms with Crippen LogP contribution in [0.25, 0.3) is 0 Å². The van der Waals surface area contributed by atoms with Crippen LogP contribution in [0.1, 0.15) is 6.42 Å². The molecule has 0 unspecified atom stereocenters. The first-order chi connectivity index (χ1) is 5.07. The first-order valence-electron chi connectivity index (χ1n) is 3.53. The molecule has 11 heavy (non-hydrogen) atoms. The van der Waals surface area contributed by atoms with Gasteiger partial charge in [-0.2, -0.15) is 13.2 Å². The number of hydrogen-bond acceptors (Lipinski definition) is 2. The molecule has 2 rings (SSSR count). The number of nitrogens with one attached hydrogen (secondary N) is 1. The minimum absolute atomic E-state index is 0.216. The Morgan fingerprint density at radius 1 is 1.36 bits per heavy atom. The van der Waals surface area contributed by atoms with Crippen LogP contribution in [0.3, 0.4) is 0 Å². The largest absolute Gasteiger partial charge is 0.416 e. The maximum Gasteiger partial charge on any atom is 0.416 e. The van der Waals surface area contributed by atoms with Gasteiger partial charge in [-0.3, -0.25) is 0 Å². The standard InChI is InChI=1S/C6H8F3NO/c7-6(8,9)5-4-1-3(11-5)2-10-4/h3-5,10H,1-2H2/t3-,4+,5-/m1/s1. The summed E-state index contributed by atoms with van der Waals surface area (Å²) >= 11 is 0. The van der Waals surface area contributed by atoms with Crippen LogP contribution in [0.2, 0.25) is 0 Å². The number of halogens is 3. The molecule has 0 aromatic rings. The van der Waals surface area contributed by atoms with Crippen molar-refractivity contribution in [3.63, 3.8) is 0 Å². The van der Waals surface area contributed by atoms with E-state index in [9.17, 15) is 13.2 Å². The average molecular weight is 167 g/mol. The van der Waals surface area contributed by atoms with Crippen LogP contribution in [0.4, 0.5) is 13.2 Å². The molecular formula is C6H8F3NO. The first kappa shape index (κ1) is 7.36. The average Bonchev–Trinajstić information content (AvgIpc) is 2.42. The van der Waals surface area contributed by atoms with Gasteiger partial charge in [0.25, 0.3) is 0 Å². The molecule has 2 fully saturated rings. The van der Waals surface area contributed by atoms with Gasteiger partial charge in [0.05, 0.1) is 6.10 Å². The van der Waals surface area contributed by atoms with E-state index in [0.29, 0.717) is 13.0 Å². The lowest BCUT2D eigenvalue weighted by Gasteiger charge is -2.25. The molecule has 0 spiro atoms. The fourth-order valence-electron chi connectivity index (χ4n) is 1.67. The molecule has 0 aliphatic carbocycles. The monoisotopic (exact) mass is 167 g/mol. The number of alkyl halides is 3. The molecule has 2 heterocycles. The van der Waals surface area contributed by atoms with Crippen LogP contribution < -0.4 is 5.32 Å². The third-order valence-corrected chi connectivity index (χ3v) is 2.15. The van der Waals surface area contributed by atoms with E-state index in [1.165, 1.54) is 0 Å². The van der Waals surface area contributed by atoms with Crippen LogP contribution in [-0.2, 0) is 4.74 Å². The Bertz CT molecular complexity index is 170. The number of rotatable bonds is 0. The van der Waals surface area contributed by atoms with Crippen molar-refractivity contribution in [2.45, 2.75) is 30.8 Å². The van der Waals surface area contributed by atoms with Gasteiger partial charge in [-0.25, -0.2) is 0 Å². The van der Waals surface area contributed by atoms with Crippen molar-refractivity contribution in [2.24, 2.45) is 0 Å². The molecule has 0 radical (unpaired) electrons. The van der Waals surface area contributed by atoms with Crippen molar-refractivity contribution in [3.8, 4) is 0 Å². The summed E-state index contributed by atoms with van der Waals surface area (Å²) in [4.78, 5) is 0. The molecule has 64 valence electrons. The van der Waals surface area contributed by atoms with Crippen molar-refractivity contribution >= 4 is 0 Å². The third-order valence-electron chi connectivity index (χ3n) is 2.15. The van der Waals surface area contributed by atoms with Crippen molar-refractivity contribution in [3.05, 3.63) is 0 Å². The number of ether oxygens (including phenoxy) is 1. The molecule has 0 aromatic carbocycles. The fraction of sp³-hybridized carbons (Fsp3) is 1.00. The predicted molar refractivity (Wildman–Crippen MR) is 31.1 cm³/mol. The van der Waals surface area contributed by atoms with E-state index in [-0.39, 0.29) is 6.10 Å². The molecule has 0 amide bonds. The first-order valence-corrected chi connectivity index (χ1v) is 3.53. The zero-order valence-electron chi connectivity index (χ0n) is 5.69. The van der Waals surface area contributed by atoms with Gasteiger partial charge in [0.1, 0.15) is 0 Å². The van der Waals surface area contributed by atoms with Gasteiger partial charge in [0, 0.05) is 12.6 Å². The summed E-state index contributed by atoms with van der Waals surface area (Å²) in [5, 5.41) is 2.77. The maximum absolute atomic E-state index is 12.1. The summed E-state index contributed by atoms with van der Waals surface area (Å²) in [7, 11) is 0. The molecule has 2 saturated heterocycles. The highest BCUT2D eigenvalue weighted by atomic mass is 19.4. The van der Waals surface area contributed by atoms with Crippen LogP contribution in [-0.4, -0.2) is 31.0 Å². The summed E-state index contributed by atoms with van der Waals surface area (Å²) in [6.45, 7) is 0.567. The van der Waals surface area contributed by atoms with E-state index in [4.69, 9.17) is 4.74 Å². The molecule has 0 aromatic heterocycles. The molecule has 1 N–H and O–H groups in total. The molecule has 2 bridgehead atoms. The number of fused-ring (bicyclic) bond motifs is 2. The van der Waals surface area contributed by atoms with Gasteiger partial charge < -0.3 is 10.1 Å². The maximum atomic E-state index is 12.1. The smallest absolute Gasteiger partial charge is 0.362 e. The second-order valence-electron chi connectivity index (χ2n) is 2.97. The molecule has 2 nitrogen and oxygen atoms in total. The van der Waals surface area contributed by atoms with Crippen LogP contribution in [0.5, 0.6) is 0 Å². The predicted octanol–water partition coefficient (Wildman–Crippen LogP) is 0.678. The highest BCUT2D eigenvalue weighted by Gasteiger charge is 2.54. The van der Waals surface area contributed by atoms with Gasteiger partial charge >= 0.3 is 6.18 Å². The van der Waals surface area contributed by atoms with Crippen molar-refractivity contribution in [1.29, 1.82) is 0 Å². The number of hydrogen-bond donors (Lipinski definition) is 1. The Morgan fingerprint density at radius 3 is 2.36 bits per heavy atom. The SMILES string of the molecule is FC(F)(F)[C@@H]1O[C@H]2CN[C@H]1C2. The Morgan fingerprint density at radius 2 is 2.09 bits per heavy atom. The second kappa shape index (κ2) is 2.10. The second-order valence-corrected chi connectivity index (χ2v) is 2.97. The van der Waals surface area contributed by atoms with E-state index >= 15 is 0 Å². The number of morpholine rings is 1. The lowest BCUT2D eigenvalue weighted by Crippen LogP contribution is -2.47. The molecule has 2 aliphatic rings. The topological polar surface area (TPSA) is 21.3 Å². The Balaban J connectivity index is 2.08. The molecule has 3 atom stereocenters. The Hall–Kier alpha value is -0.290. The lowest BCUT2D eigenvalue weighted by atomic mass is 10.1. The van der Waals surface area contributed by atoms with E-state index in [0.717, 1.165) is 0 Å². The molecule has 2 aliphatic heterocycles. The quantitative estimate of drug-likeness (QED) is 0.572. The van der Waals surface area contributed by atoms with Crippen molar-refractivity contribution in [1.82, 2.24) is 5.32 Å². The fourth-order valence-corrected chi connectivity index (χ4v) is 1.67. The lowest BCUT2D eigenvalue weighted by molar-refractivity contribution is -0.225. The van der Waals surface area contributed by atoms with E-state index in [2.05, 4.69) is 5.32 Å². The summed E-state index contributed by atoms with van der Waals surface area (Å²) in [6.07, 6.45) is -5.48. The molecule has 0 saturated carbocycles.